The van der Waals surface area contributed by atoms with Crippen LogP contribution in [0.15, 0.2) is 34.8 Å². The zero-order valence-corrected chi connectivity index (χ0v) is 20.7. The van der Waals surface area contributed by atoms with Gasteiger partial charge in [-0.1, -0.05) is 0 Å². The van der Waals surface area contributed by atoms with Crippen molar-refractivity contribution in [3.05, 3.63) is 47.2 Å². The Kier molecular flexibility index (Phi) is 5.63. The molecule has 4 heterocycles. The Balaban J connectivity index is 1.34. The first-order chi connectivity index (χ1) is 17.4. The van der Waals surface area contributed by atoms with Crippen LogP contribution in [0.4, 0.5) is 20.4 Å². The molecule has 3 aliphatic rings. The molecule has 1 N–H and O–H groups in total. The van der Waals surface area contributed by atoms with Crippen molar-refractivity contribution in [1.29, 1.82) is 0 Å². The number of aromatic nitrogens is 3. The lowest BCUT2D eigenvalue weighted by atomic mass is 10.2. The first-order valence-corrected chi connectivity index (χ1v) is 12.3. The lowest BCUT2D eigenvalue weighted by molar-refractivity contribution is 0.311. The maximum atomic E-state index is 15.4. The second-order valence-electron chi connectivity index (χ2n) is 9.88. The van der Waals surface area contributed by atoms with Gasteiger partial charge in [0.25, 0.3) is 0 Å². The van der Waals surface area contributed by atoms with Crippen LogP contribution in [0.5, 0.6) is 11.8 Å². The van der Waals surface area contributed by atoms with Crippen LogP contribution in [-0.2, 0) is 7.05 Å². The number of piperazine rings is 1. The molecule has 2 aromatic heterocycles. The third-order valence-corrected chi connectivity index (χ3v) is 7.24. The van der Waals surface area contributed by atoms with Gasteiger partial charge in [-0.3, -0.25) is 4.99 Å². The minimum absolute atomic E-state index is 0.0516. The van der Waals surface area contributed by atoms with Crippen molar-refractivity contribution in [1.82, 2.24) is 19.4 Å². The number of amidine groups is 1. The Labute approximate surface area is 208 Å². The maximum Gasteiger partial charge on any atom is 0.326 e. The van der Waals surface area contributed by atoms with Crippen molar-refractivity contribution in [2.75, 3.05) is 50.0 Å². The van der Waals surface area contributed by atoms with E-state index in [4.69, 9.17) is 4.74 Å². The molecule has 1 aliphatic carbocycles. The number of aliphatic imine (C=N–C) groups is 1. The highest BCUT2D eigenvalue weighted by atomic mass is 19.1. The molecule has 2 aliphatic heterocycles. The van der Waals surface area contributed by atoms with Gasteiger partial charge in [-0.15, -0.1) is 0 Å². The zero-order chi connectivity index (χ0) is 25.0. The smallest absolute Gasteiger partial charge is 0.326 e. The number of likely N-dealkylation sites (N-methyl/N-ethyl adjacent to an activating group) is 1. The largest absolute Gasteiger partial charge is 0.421 e. The van der Waals surface area contributed by atoms with Gasteiger partial charge < -0.3 is 24.4 Å². The average molecular weight is 494 g/mol. The fourth-order valence-electron chi connectivity index (χ4n) is 4.81. The SMILES string of the molecule is Cc1cc2c(F)c(Oc3nc(NC4=NCC(C5CC5)=C4)cc(N4CCN(C)CC4)n3)cc(F)c2n1C. The summed E-state index contributed by atoms with van der Waals surface area (Å²) in [6.45, 7) is 5.87. The molecule has 0 spiro atoms. The normalized spacial score (nSPS) is 18.5. The lowest BCUT2D eigenvalue weighted by Gasteiger charge is -2.33. The molecular formula is C26H29F2N7O. The maximum absolute atomic E-state index is 15.4. The molecule has 36 heavy (non-hydrogen) atoms. The van der Waals surface area contributed by atoms with Gasteiger partial charge in [-0.2, -0.15) is 9.97 Å². The van der Waals surface area contributed by atoms with Crippen molar-refractivity contribution < 1.29 is 13.5 Å². The minimum Gasteiger partial charge on any atom is -0.421 e. The molecule has 0 atom stereocenters. The van der Waals surface area contributed by atoms with Crippen LogP contribution in [0.3, 0.4) is 0 Å². The van der Waals surface area contributed by atoms with Gasteiger partial charge in [0.05, 0.1) is 12.1 Å². The number of hydrogen-bond acceptors (Lipinski definition) is 7. The topological polar surface area (TPSA) is 70.8 Å². The number of fused-ring (bicyclic) bond motifs is 1. The Morgan fingerprint density at radius 2 is 1.81 bits per heavy atom. The van der Waals surface area contributed by atoms with E-state index in [0.717, 1.165) is 43.8 Å². The molecule has 1 aromatic carbocycles. The van der Waals surface area contributed by atoms with Crippen molar-refractivity contribution in [3.63, 3.8) is 0 Å². The predicted octanol–water partition coefficient (Wildman–Crippen LogP) is 4.26. The summed E-state index contributed by atoms with van der Waals surface area (Å²) < 4.78 is 37.7. The van der Waals surface area contributed by atoms with Crippen LogP contribution in [0.2, 0.25) is 0 Å². The van der Waals surface area contributed by atoms with Crippen LogP contribution >= 0.6 is 0 Å². The molecule has 0 unspecified atom stereocenters. The van der Waals surface area contributed by atoms with Crippen molar-refractivity contribution in [3.8, 4) is 11.8 Å². The molecule has 3 aromatic rings. The number of hydrogen-bond donors (Lipinski definition) is 1. The highest BCUT2D eigenvalue weighted by Gasteiger charge is 2.28. The summed E-state index contributed by atoms with van der Waals surface area (Å²) in [6.07, 6.45) is 4.53. The van der Waals surface area contributed by atoms with Crippen LogP contribution < -0.4 is 15.0 Å². The number of anilines is 2. The number of rotatable bonds is 5. The number of nitrogens with one attached hydrogen (secondary N) is 1. The molecule has 0 radical (unpaired) electrons. The van der Waals surface area contributed by atoms with Gasteiger partial charge in [-0.25, -0.2) is 8.78 Å². The second-order valence-corrected chi connectivity index (χ2v) is 9.88. The Hall–Kier alpha value is -3.53. The first-order valence-electron chi connectivity index (χ1n) is 12.3. The van der Waals surface area contributed by atoms with E-state index >= 15 is 4.39 Å². The number of aryl methyl sites for hydroxylation is 2. The molecule has 1 saturated carbocycles. The van der Waals surface area contributed by atoms with E-state index in [-0.39, 0.29) is 22.7 Å². The fraction of sp³-hybridized carbons (Fsp3) is 0.423. The highest BCUT2D eigenvalue weighted by Crippen LogP contribution is 2.38. The van der Waals surface area contributed by atoms with E-state index < -0.39 is 11.6 Å². The van der Waals surface area contributed by atoms with E-state index in [2.05, 4.69) is 43.2 Å². The number of ether oxygens (including phenoxy) is 1. The van der Waals surface area contributed by atoms with E-state index in [1.807, 2.05) is 6.07 Å². The van der Waals surface area contributed by atoms with Crippen LogP contribution in [0, 0.1) is 24.5 Å². The van der Waals surface area contributed by atoms with Crippen LogP contribution in [-0.4, -0.2) is 65.0 Å². The summed E-state index contributed by atoms with van der Waals surface area (Å²) in [5.74, 6) is 1.09. The summed E-state index contributed by atoms with van der Waals surface area (Å²) >= 11 is 0. The lowest BCUT2D eigenvalue weighted by Crippen LogP contribution is -2.44. The molecule has 188 valence electrons. The minimum atomic E-state index is -0.643. The fourth-order valence-corrected chi connectivity index (χ4v) is 4.81. The van der Waals surface area contributed by atoms with Crippen LogP contribution in [0.25, 0.3) is 10.9 Å². The second kappa shape index (κ2) is 8.85. The molecule has 10 heteroatoms. The van der Waals surface area contributed by atoms with Gasteiger partial charge in [-0.05, 0) is 50.4 Å². The van der Waals surface area contributed by atoms with E-state index in [1.54, 1.807) is 24.6 Å². The number of halogens is 2. The molecule has 0 amide bonds. The summed E-state index contributed by atoms with van der Waals surface area (Å²) in [5, 5.41) is 3.43. The molecule has 8 nitrogen and oxygen atoms in total. The van der Waals surface area contributed by atoms with E-state index in [0.29, 0.717) is 24.1 Å². The molecular weight excluding hydrogens is 464 g/mol. The Bertz CT molecular complexity index is 1400. The van der Waals surface area contributed by atoms with E-state index in [1.165, 1.54) is 18.4 Å². The third-order valence-electron chi connectivity index (χ3n) is 7.24. The Morgan fingerprint density at radius 1 is 1.03 bits per heavy atom. The molecule has 6 rings (SSSR count). The third kappa shape index (κ3) is 4.30. The number of benzene rings is 1. The van der Waals surface area contributed by atoms with Crippen molar-refractivity contribution in [2.24, 2.45) is 18.0 Å². The predicted molar refractivity (Wildman–Crippen MR) is 136 cm³/mol. The summed E-state index contributed by atoms with van der Waals surface area (Å²) in [4.78, 5) is 18.0. The van der Waals surface area contributed by atoms with Crippen LogP contribution in [0.1, 0.15) is 18.5 Å². The molecule has 1 saturated heterocycles. The highest BCUT2D eigenvalue weighted by molar-refractivity contribution is 6.05. The first kappa shape index (κ1) is 22.9. The monoisotopic (exact) mass is 493 g/mol. The Morgan fingerprint density at radius 3 is 2.56 bits per heavy atom. The van der Waals surface area contributed by atoms with Gasteiger partial charge in [0, 0.05) is 56.4 Å². The quantitative estimate of drug-likeness (QED) is 0.573. The molecule has 0 bridgehead atoms. The zero-order valence-electron chi connectivity index (χ0n) is 20.7. The standard InChI is InChI=1S/C26H29F2N7O/c1-15-10-18-24(28)20(12-19(27)25(18)34(15)3)36-26-31-22(30-21-11-17(14-29-21)16-4-5-16)13-23(32-26)35-8-6-33(2)7-9-35/h10-13,16H,4-9,14H2,1-3H3,(H,29,30,31,32). The average Bonchev–Trinajstić information content (AvgIpc) is 3.53. The van der Waals surface area contributed by atoms with Gasteiger partial charge in [0.1, 0.15) is 17.5 Å². The van der Waals surface area contributed by atoms with Gasteiger partial charge in [0.2, 0.25) is 0 Å². The summed E-state index contributed by atoms with van der Waals surface area (Å²) in [7, 11) is 3.79. The summed E-state index contributed by atoms with van der Waals surface area (Å²) in [6, 6.07) is 4.47. The van der Waals surface area contributed by atoms with Gasteiger partial charge >= 0.3 is 6.01 Å². The summed E-state index contributed by atoms with van der Waals surface area (Å²) in [5.41, 5.74) is 2.28. The van der Waals surface area contributed by atoms with Gasteiger partial charge in [0.15, 0.2) is 17.4 Å². The number of nitrogens with zero attached hydrogens (tertiary/aromatic N) is 6. The molecule has 2 fully saturated rings. The van der Waals surface area contributed by atoms with E-state index in [9.17, 15) is 4.39 Å². The van der Waals surface area contributed by atoms with Crippen molar-refractivity contribution in [2.45, 2.75) is 19.8 Å². The van der Waals surface area contributed by atoms with Crippen molar-refractivity contribution >= 4 is 28.4 Å².